The molecule has 2 aliphatic carbocycles. The third kappa shape index (κ3) is 1.43. The molecule has 2 bridgehead atoms. The van der Waals surface area contributed by atoms with E-state index in [1.807, 2.05) is 0 Å². The summed E-state index contributed by atoms with van der Waals surface area (Å²) in [7, 11) is 0. The van der Waals surface area contributed by atoms with E-state index >= 15 is 0 Å². The molecule has 0 N–H and O–H groups in total. The fraction of sp³-hybridized carbons (Fsp3) is 0.900. The molecule has 0 saturated heterocycles. The predicted molar refractivity (Wildman–Crippen MR) is 51.6 cm³/mol. The van der Waals surface area contributed by atoms with Gasteiger partial charge in [0.2, 0.25) is 6.08 Å². The average Bonchev–Trinajstić information content (AvgIpc) is 2.74. The molecule has 0 heterocycles. The molecule has 2 rings (SSSR count). The SMILES string of the molecule is O=C=NC(CCl)C12CCC(CC1)C2. The van der Waals surface area contributed by atoms with E-state index in [1.54, 1.807) is 6.08 Å². The molecule has 0 aromatic rings. The van der Waals surface area contributed by atoms with Gasteiger partial charge in [-0.25, -0.2) is 9.79 Å². The molecule has 0 radical (unpaired) electrons. The number of hydrogen-bond acceptors (Lipinski definition) is 2. The Morgan fingerprint density at radius 1 is 1.54 bits per heavy atom. The molecular weight excluding hydrogens is 186 g/mol. The van der Waals surface area contributed by atoms with Crippen molar-refractivity contribution in [3.63, 3.8) is 0 Å². The number of hydrogen-bond donors (Lipinski definition) is 0. The lowest BCUT2D eigenvalue weighted by atomic mass is 9.78. The summed E-state index contributed by atoms with van der Waals surface area (Å²) in [4.78, 5) is 14.1. The lowest BCUT2D eigenvalue weighted by molar-refractivity contribution is 0.247. The maximum Gasteiger partial charge on any atom is 0.235 e. The Morgan fingerprint density at radius 3 is 2.62 bits per heavy atom. The Bertz CT molecular complexity index is 239. The minimum Gasteiger partial charge on any atom is -0.211 e. The molecule has 2 fully saturated rings. The smallest absolute Gasteiger partial charge is 0.211 e. The van der Waals surface area contributed by atoms with Gasteiger partial charge in [0.25, 0.3) is 0 Å². The van der Waals surface area contributed by atoms with Gasteiger partial charge in [0.05, 0.1) is 6.04 Å². The van der Waals surface area contributed by atoms with Crippen LogP contribution in [0.15, 0.2) is 4.99 Å². The third-order valence-corrected chi connectivity index (χ3v) is 4.15. The fourth-order valence-corrected chi connectivity index (χ4v) is 3.50. The molecule has 2 nitrogen and oxygen atoms in total. The quantitative estimate of drug-likeness (QED) is 0.390. The monoisotopic (exact) mass is 199 g/mol. The molecule has 2 saturated carbocycles. The maximum absolute atomic E-state index is 10.3. The topological polar surface area (TPSA) is 29.4 Å². The van der Waals surface area contributed by atoms with E-state index in [9.17, 15) is 4.79 Å². The normalized spacial score (nSPS) is 38.7. The van der Waals surface area contributed by atoms with Gasteiger partial charge in [-0.05, 0) is 43.4 Å². The highest BCUT2D eigenvalue weighted by Gasteiger charge is 2.49. The van der Waals surface area contributed by atoms with Crippen LogP contribution < -0.4 is 0 Å². The third-order valence-electron chi connectivity index (χ3n) is 3.86. The number of aliphatic imine (C=N–C) groups is 1. The van der Waals surface area contributed by atoms with Crippen molar-refractivity contribution in [2.24, 2.45) is 16.3 Å². The van der Waals surface area contributed by atoms with E-state index in [0.717, 1.165) is 5.92 Å². The van der Waals surface area contributed by atoms with Crippen molar-refractivity contribution in [2.75, 3.05) is 5.88 Å². The second kappa shape index (κ2) is 3.43. The maximum atomic E-state index is 10.3. The zero-order valence-electron chi connectivity index (χ0n) is 7.63. The van der Waals surface area contributed by atoms with Crippen LogP contribution >= 0.6 is 11.6 Å². The summed E-state index contributed by atoms with van der Waals surface area (Å²) in [5.74, 6) is 1.36. The van der Waals surface area contributed by atoms with Crippen LogP contribution in [0.5, 0.6) is 0 Å². The fourth-order valence-electron chi connectivity index (χ4n) is 3.10. The van der Waals surface area contributed by atoms with Crippen molar-refractivity contribution < 1.29 is 4.79 Å². The standard InChI is InChI=1S/C10H14ClNO/c11-6-9(12-7-13)10-3-1-8(5-10)2-4-10/h8-9H,1-6H2. The van der Waals surface area contributed by atoms with Crippen LogP contribution in [0.1, 0.15) is 32.1 Å². The second-order valence-corrected chi connectivity index (χ2v) is 4.71. The number of carbonyl (C=O) groups excluding carboxylic acids is 1. The van der Waals surface area contributed by atoms with E-state index in [1.165, 1.54) is 32.1 Å². The molecule has 1 atom stereocenters. The molecule has 3 heteroatoms. The summed E-state index contributed by atoms with van der Waals surface area (Å²) in [5, 5.41) is 0. The summed E-state index contributed by atoms with van der Waals surface area (Å²) >= 11 is 5.84. The van der Waals surface area contributed by atoms with Gasteiger partial charge in [0, 0.05) is 5.88 Å². The van der Waals surface area contributed by atoms with Gasteiger partial charge in [0.1, 0.15) is 0 Å². The highest BCUT2D eigenvalue weighted by atomic mass is 35.5. The number of fused-ring (bicyclic) bond motifs is 2. The van der Waals surface area contributed by atoms with Crippen LogP contribution in [-0.4, -0.2) is 18.0 Å². The number of rotatable bonds is 3. The van der Waals surface area contributed by atoms with E-state index in [4.69, 9.17) is 11.6 Å². The first-order valence-corrected chi connectivity index (χ1v) is 5.47. The van der Waals surface area contributed by atoms with Gasteiger partial charge in [0.15, 0.2) is 0 Å². The Hall–Kier alpha value is -0.330. The molecule has 72 valence electrons. The number of alkyl halides is 1. The van der Waals surface area contributed by atoms with Crippen molar-refractivity contribution in [1.82, 2.24) is 0 Å². The summed E-state index contributed by atoms with van der Waals surface area (Å²) in [6.45, 7) is 0. The molecular formula is C10H14ClNO. The molecule has 1 unspecified atom stereocenters. The molecule has 0 amide bonds. The van der Waals surface area contributed by atoms with Crippen molar-refractivity contribution in [1.29, 1.82) is 0 Å². The van der Waals surface area contributed by atoms with Crippen LogP contribution in [0.25, 0.3) is 0 Å². The number of isocyanates is 1. The molecule has 0 aliphatic heterocycles. The van der Waals surface area contributed by atoms with Crippen LogP contribution in [0.2, 0.25) is 0 Å². The molecule has 0 aromatic carbocycles. The highest BCUT2D eigenvalue weighted by molar-refractivity contribution is 6.18. The van der Waals surface area contributed by atoms with Gasteiger partial charge in [-0.3, -0.25) is 0 Å². The number of halogens is 1. The van der Waals surface area contributed by atoms with Crippen LogP contribution in [0, 0.1) is 11.3 Å². The Morgan fingerprint density at radius 2 is 2.23 bits per heavy atom. The second-order valence-electron chi connectivity index (χ2n) is 4.40. The molecule has 0 spiro atoms. The van der Waals surface area contributed by atoms with Gasteiger partial charge in [-0.1, -0.05) is 0 Å². The van der Waals surface area contributed by atoms with Crippen molar-refractivity contribution >= 4 is 17.7 Å². The van der Waals surface area contributed by atoms with Crippen molar-refractivity contribution in [2.45, 2.75) is 38.1 Å². The predicted octanol–water partition coefficient (Wildman–Crippen LogP) is 2.51. The first-order chi connectivity index (χ1) is 6.30. The summed E-state index contributed by atoms with van der Waals surface area (Å²) in [5.41, 5.74) is 0.268. The van der Waals surface area contributed by atoms with E-state index in [-0.39, 0.29) is 11.5 Å². The zero-order chi connectivity index (χ0) is 9.31. The lowest BCUT2D eigenvalue weighted by Crippen LogP contribution is -2.31. The Kier molecular flexibility index (Phi) is 2.44. The minimum absolute atomic E-state index is 0.0270. The largest absolute Gasteiger partial charge is 0.235 e. The van der Waals surface area contributed by atoms with E-state index in [2.05, 4.69) is 4.99 Å². The Balaban J connectivity index is 2.16. The van der Waals surface area contributed by atoms with E-state index in [0.29, 0.717) is 5.88 Å². The zero-order valence-corrected chi connectivity index (χ0v) is 8.39. The Labute approximate surface area is 83.4 Å². The lowest BCUT2D eigenvalue weighted by Gasteiger charge is -2.30. The average molecular weight is 200 g/mol. The van der Waals surface area contributed by atoms with Gasteiger partial charge < -0.3 is 0 Å². The van der Waals surface area contributed by atoms with Gasteiger partial charge in [-0.15, -0.1) is 11.6 Å². The number of nitrogens with zero attached hydrogens (tertiary/aromatic N) is 1. The first kappa shape index (κ1) is 9.23. The molecule has 2 aliphatic rings. The molecule has 13 heavy (non-hydrogen) atoms. The minimum atomic E-state index is 0.0270. The van der Waals surface area contributed by atoms with Crippen LogP contribution in [-0.2, 0) is 4.79 Å². The van der Waals surface area contributed by atoms with Gasteiger partial charge >= 0.3 is 0 Å². The summed E-state index contributed by atoms with van der Waals surface area (Å²) in [6.07, 6.45) is 7.93. The summed E-state index contributed by atoms with van der Waals surface area (Å²) in [6, 6.07) is 0.0270. The van der Waals surface area contributed by atoms with Gasteiger partial charge in [-0.2, -0.15) is 0 Å². The van der Waals surface area contributed by atoms with Crippen LogP contribution in [0.4, 0.5) is 0 Å². The first-order valence-electron chi connectivity index (χ1n) is 4.94. The summed E-state index contributed by atoms with van der Waals surface area (Å²) < 4.78 is 0. The highest BCUT2D eigenvalue weighted by Crippen LogP contribution is 2.56. The van der Waals surface area contributed by atoms with E-state index < -0.39 is 0 Å². The molecule has 0 aromatic heterocycles. The van der Waals surface area contributed by atoms with Crippen LogP contribution in [0.3, 0.4) is 0 Å². The van der Waals surface area contributed by atoms with Crippen molar-refractivity contribution in [3.8, 4) is 0 Å². The van der Waals surface area contributed by atoms with Crippen molar-refractivity contribution in [3.05, 3.63) is 0 Å².